The van der Waals surface area contributed by atoms with Gasteiger partial charge in [0, 0.05) is 6.42 Å². The highest BCUT2D eigenvalue weighted by atomic mass is 31.2. The SMILES string of the molecule is CCCC/C=C\CCCCCCC(=O)NC(COP(=O)([O-])OCC[N+](C)(C)C)C(O)/C=C/CC/C=C/CCCCCCC. The maximum absolute atomic E-state index is 12.7. The Bertz CT molecular complexity index is 809. The highest BCUT2D eigenvalue weighted by Crippen LogP contribution is 2.38. The van der Waals surface area contributed by atoms with Crippen LogP contribution in [0, 0.1) is 0 Å². The largest absolute Gasteiger partial charge is 0.756 e. The summed E-state index contributed by atoms with van der Waals surface area (Å²) in [5.41, 5.74) is 0. The molecular weight excluding hydrogens is 563 g/mol. The minimum absolute atomic E-state index is 0.00938. The van der Waals surface area contributed by atoms with Gasteiger partial charge in [0.25, 0.3) is 7.82 Å². The molecule has 0 heterocycles. The quantitative estimate of drug-likeness (QED) is 0.0387. The number of rotatable bonds is 29. The number of amides is 1. The molecule has 0 saturated carbocycles. The number of phosphoric ester groups is 1. The number of nitrogens with zero attached hydrogens (tertiary/aromatic N) is 1. The van der Waals surface area contributed by atoms with Gasteiger partial charge in [-0.15, -0.1) is 0 Å². The smallest absolute Gasteiger partial charge is 0.268 e. The van der Waals surface area contributed by atoms with Crippen LogP contribution in [-0.4, -0.2) is 68.5 Å². The lowest BCUT2D eigenvalue weighted by Crippen LogP contribution is -2.45. The van der Waals surface area contributed by atoms with Crippen molar-refractivity contribution in [2.75, 3.05) is 40.9 Å². The van der Waals surface area contributed by atoms with Crippen LogP contribution in [0.2, 0.25) is 0 Å². The molecule has 0 aliphatic carbocycles. The summed E-state index contributed by atoms with van der Waals surface area (Å²) in [6.07, 6.45) is 29.1. The van der Waals surface area contributed by atoms with Crippen LogP contribution >= 0.6 is 7.82 Å². The number of unbranched alkanes of at least 4 members (excludes halogenated alkanes) is 12. The Morgan fingerprint density at radius 2 is 1.33 bits per heavy atom. The Balaban J connectivity index is 4.72. The molecule has 0 radical (unpaired) electrons. The van der Waals surface area contributed by atoms with Crippen LogP contribution in [0.1, 0.15) is 123 Å². The molecule has 3 unspecified atom stereocenters. The van der Waals surface area contributed by atoms with Gasteiger partial charge in [0.05, 0.1) is 39.9 Å². The van der Waals surface area contributed by atoms with Crippen molar-refractivity contribution in [3.8, 4) is 0 Å². The van der Waals surface area contributed by atoms with E-state index >= 15 is 0 Å². The Kier molecular flexibility index (Phi) is 26.3. The van der Waals surface area contributed by atoms with Crippen LogP contribution in [0.3, 0.4) is 0 Å². The van der Waals surface area contributed by atoms with Gasteiger partial charge in [-0.3, -0.25) is 9.36 Å². The van der Waals surface area contributed by atoms with Crippen LogP contribution in [0.25, 0.3) is 0 Å². The lowest BCUT2D eigenvalue weighted by molar-refractivity contribution is -0.870. The second-order valence-electron chi connectivity index (χ2n) is 12.5. The lowest BCUT2D eigenvalue weighted by Gasteiger charge is -2.29. The average molecular weight is 629 g/mol. The van der Waals surface area contributed by atoms with E-state index in [1.54, 1.807) is 6.08 Å². The van der Waals surface area contributed by atoms with E-state index < -0.39 is 26.6 Å². The Hall–Kier alpha value is -1.28. The molecule has 0 aromatic rings. The zero-order valence-corrected chi connectivity index (χ0v) is 29.0. The number of allylic oxidation sites excluding steroid dienone is 5. The van der Waals surface area contributed by atoms with Gasteiger partial charge in [-0.1, -0.05) is 102 Å². The Morgan fingerprint density at radius 1 is 0.791 bits per heavy atom. The summed E-state index contributed by atoms with van der Waals surface area (Å²) in [6.45, 7) is 4.49. The van der Waals surface area contributed by atoms with Gasteiger partial charge < -0.3 is 28.8 Å². The van der Waals surface area contributed by atoms with Crippen LogP contribution in [-0.2, 0) is 18.4 Å². The van der Waals surface area contributed by atoms with E-state index in [4.69, 9.17) is 9.05 Å². The molecular formula is C34H65N2O6P. The number of aliphatic hydroxyl groups is 1. The Labute approximate surface area is 264 Å². The third-order valence-electron chi connectivity index (χ3n) is 7.07. The standard InChI is InChI=1S/C34H65N2O6P/c1-6-8-10-12-14-16-18-19-21-23-25-27-33(37)32(31-42-43(39,40)41-30-29-36(3,4)5)35-34(38)28-26-24-22-20-17-15-13-11-9-7-2/h13,15,18-19,25,27,32-33,37H,6-12,14,16-17,20-24,26,28-31H2,1-5H3,(H-,35,38,39,40)/b15-13-,19-18+,27-25+. The molecule has 0 spiro atoms. The van der Waals surface area contributed by atoms with Crippen molar-refractivity contribution in [3.05, 3.63) is 36.5 Å². The first-order valence-corrected chi connectivity index (χ1v) is 18.3. The lowest BCUT2D eigenvalue weighted by atomic mass is 10.1. The molecule has 2 N–H and O–H groups in total. The minimum atomic E-state index is -4.58. The zero-order chi connectivity index (χ0) is 32.2. The zero-order valence-electron chi connectivity index (χ0n) is 28.1. The molecule has 0 aliphatic rings. The summed E-state index contributed by atoms with van der Waals surface area (Å²) >= 11 is 0. The fourth-order valence-electron chi connectivity index (χ4n) is 4.26. The van der Waals surface area contributed by atoms with Gasteiger partial charge in [-0.05, 0) is 51.4 Å². The van der Waals surface area contributed by atoms with Gasteiger partial charge in [-0.25, -0.2) is 0 Å². The molecule has 43 heavy (non-hydrogen) atoms. The number of nitrogens with one attached hydrogen (secondary N) is 1. The number of aliphatic hydroxyl groups excluding tert-OH is 1. The van der Waals surface area contributed by atoms with Gasteiger partial charge in [0.15, 0.2) is 0 Å². The van der Waals surface area contributed by atoms with Crippen molar-refractivity contribution in [2.45, 2.75) is 135 Å². The normalized spacial score (nSPS) is 15.4. The van der Waals surface area contributed by atoms with E-state index in [-0.39, 0.29) is 12.5 Å². The average Bonchev–Trinajstić information content (AvgIpc) is 2.94. The first kappa shape index (κ1) is 41.7. The number of carbonyl (C=O) groups excluding carboxylic acids is 1. The molecule has 8 nitrogen and oxygen atoms in total. The molecule has 0 aliphatic heterocycles. The molecule has 0 fully saturated rings. The summed E-state index contributed by atoms with van der Waals surface area (Å²) in [6, 6.07) is -0.903. The summed E-state index contributed by atoms with van der Waals surface area (Å²) in [5.74, 6) is -0.228. The monoisotopic (exact) mass is 628 g/mol. The van der Waals surface area contributed by atoms with E-state index in [0.717, 1.165) is 57.8 Å². The third kappa shape index (κ3) is 29.2. The number of phosphoric acid groups is 1. The number of hydrogen-bond acceptors (Lipinski definition) is 6. The maximum Gasteiger partial charge on any atom is 0.268 e. The number of likely N-dealkylation sites (N-methyl/N-ethyl adjacent to an activating group) is 1. The van der Waals surface area contributed by atoms with Crippen molar-refractivity contribution >= 4 is 13.7 Å². The van der Waals surface area contributed by atoms with Gasteiger partial charge in [-0.2, -0.15) is 0 Å². The summed E-state index contributed by atoms with van der Waals surface area (Å²) < 4.78 is 22.9. The predicted octanol–water partition coefficient (Wildman–Crippen LogP) is 7.38. The maximum atomic E-state index is 12.7. The topological polar surface area (TPSA) is 108 Å². The van der Waals surface area contributed by atoms with Crippen LogP contribution in [0.15, 0.2) is 36.5 Å². The molecule has 0 rings (SSSR count). The van der Waals surface area contributed by atoms with Crippen LogP contribution in [0.4, 0.5) is 0 Å². The van der Waals surface area contributed by atoms with Crippen molar-refractivity contribution in [1.82, 2.24) is 5.32 Å². The first-order valence-electron chi connectivity index (χ1n) is 16.9. The second-order valence-corrected chi connectivity index (χ2v) is 13.9. The van der Waals surface area contributed by atoms with Crippen LogP contribution in [0.5, 0.6) is 0 Å². The number of quaternary nitrogens is 1. The summed E-state index contributed by atoms with van der Waals surface area (Å²) in [5, 5.41) is 13.6. The molecule has 0 saturated heterocycles. The van der Waals surface area contributed by atoms with E-state index in [1.807, 2.05) is 27.2 Å². The molecule has 3 atom stereocenters. The van der Waals surface area contributed by atoms with Crippen LogP contribution < -0.4 is 10.2 Å². The van der Waals surface area contributed by atoms with Crippen molar-refractivity contribution in [3.63, 3.8) is 0 Å². The fourth-order valence-corrected chi connectivity index (χ4v) is 4.99. The van der Waals surface area contributed by atoms with Gasteiger partial charge in [0.1, 0.15) is 13.2 Å². The molecule has 9 heteroatoms. The van der Waals surface area contributed by atoms with Gasteiger partial charge >= 0.3 is 0 Å². The molecule has 1 amide bonds. The summed E-state index contributed by atoms with van der Waals surface area (Å²) in [7, 11) is 1.22. The van der Waals surface area contributed by atoms with Gasteiger partial charge in [0.2, 0.25) is 5.91 Å². The van der Waals surface area contributed by atoms with E-state index in [1.165, 1.54) is 44.9 Å². The fraction of sp³-hybridized carbons (Fsp3) is 0.794. The molecule has 0 aromatic heterocycles. The van der Waals surface area contributed by atoms with Crippen molar-refractivity contribution in [1.29, 1.82) is 0 Å². The minimum Gasteiger partial charge on any atom is -0.756 e. The van der Waals surface area contributed by atoms with E-state index in [0.29, 0.717) is 17.4 Å². The van der Waals surface area contributed by atoms with Crippen molar-refractivity contribution in [2.24, 2.45) is 0 Å². The predicted molar refractivity (Wildman–Crippen MR) is 178 cm³/mol. The van der Waals surface area contributed by atoms with Crippen molar-refractivity contribution < 1.29 is 32.9 Å². The molecule has 252 valence electrons. The first-order chi connectivity index (χ1) is 20.5. The number of hydrogen-bond donors (Lipinski definition) is 2. The summed E-state index contributed by atoms with van der Waals surface area (Å²) in [4.78, 5) is 25.0. The second kappa shape index (κ2) is 27.1. The van der Waals surface area contributed by atoms with E-state index in [9.17, 15) is 19.4 Å². The third-order valence-corrected chi connectivity index (χ3v) is 8.04. The van der Waals surface area contributed by atoms with E-state index in [2.05, 4.69) is 43.5 Å². The Morgan fingerprint density at radius 3 is 1.93 bits per heavy atom. The molecule has 0 bridgehead atoms. The highest BCUT2D eigenvalue weighted by Gasteiger charge is 2.23. The number of carbonyl (C=O) groups is 1. The highest BCUT2D eigenvalue weighted by molar-refractivity contribution is 7.45. The molecule has 0 aromatic carbocycles.